The van der Waals surface area contributed by atoms with Gasteiger partial charge in [0.05, 0.1) is 23.7 Å². The molecule has 2 aromatic rings. The molecule has 0 fully saturated rings. The summed E-state index contributed by atoms with van der Waals surface area (Å²) in [6.45, 7) is 4.04. The first-order valence-electron chi connectivity index (χ1n) is 6.81. The van der Waals surface area contributed by atoms with Gasteiger partial charge in [0.15, 0.2) is 0 Å². The number of aromatic nitrogens is 1. The van der Waals surface area contributed by atoms with Crippen LogP contribution >= 0.6 is 0 Å². The van der Waals surface area contributed by atoms with E-state index >= 15 is 0 Å². The van der Waals surface area contributed by atoms with E-state index in [1.165, 1.54) is 0 Å². The lowest BCUT2D eigenvalue weighted by molar-refractivity contribution is -0.120. The average Bonchev–Trinajstić information content (AvgIpc) is 2.44. The molecule has 1 N–H and O–H groups in total. The molecule has 0 aliphatic carbocycles. The number of rotatable bonds is 4. The number of likely N-dealkylation sites (N-methyl/N-ethyl adjacent to an activating group) is 1. The van der Waals surface area contributed by atoms with Crippen molar-refractivity contribution in [3.05, 3.63) is 35.9 Å². The zero-order valence-electron chi connectivity index (χ0n) is 12.4. The number of nitriles is 1. The lowest BCUT2D eigenvalue weighted by Crippen LogP contribution is -2.38. The van der Waals surface area contributed by atoms with Crippen molar-refractivity contribution in [2.75, 3.05) is 18.5 Å². The quantitative estimate of drug-likeness (QED) is 0.932. The number of carbonyl (C=O) groups is 1. The minimum atomic E-state index is -0.0685. The molecule has 1 heterocycles. The highest BCUT2D eigenvalue weighted by Gasteiger charge is 2.12. The van der Waals surface area contributed by atoms with Gasteiger partial charge in [-0.15, -0.1) is 0 Å². The fraction of sp³-hybridized carbons (Fsp3) is 0.312. The van der Waals surface area contributed by atoms with Crippen LogP contribution in [0.1, 0.15) is 19.4 Å². The molecule has 108 valence electrons. The summed E-state index contributed by atoms with van der Waals surface area (Å²) in [5.74, 6) is 0.546. The van der Waals surface area contributed by atoms with Gasteiger partial charge in [-0.1, -0.05) is 18.2 Å². The van der Waals surface area contributed by atoms with E-state index in [0.717, 1.165) is 10.9 Å². The number of hydrogen-bond donors (Lipinski definition) is 1. The molecule has 0 radical (unpaired) electrons. The number of hydrogen-bond acceptors (Lipinski definition) is 4. The van der Waals surface area contributed by atoms with Gasteiger partial charge in [-0.2, -0.15) is 5.26 Å². The Morgan fingerprint density at radius 2 is 2.14 bits per heavy atom. The molecule has 0 bridgehead atoms. The SMILES string of the molecule is CC(C)NC(=O)CN(C)c1cc(C#N)c2ccccc2n1. The molecule has 0 aliphatic heterocycles. The minimum Gasteiger partial charge on any atom is -0.352 e. The van der Waals surface area contributed by atoms with E-state index in [4.69, 9.17) is 0 Å². The standard InChI is InChI=1S/C16H18N4O/c1-11(2)18-16(21)10-20(3)15-8-12(9-17)13-6-4-5-7-14(13)19-15/h4-8,11H,10H2,1-3H3,(H,18,21). The zero-order chi connectivity index (χ0) is 15.4. The summed E-state index contributed by atoms with van der Waals surface area (Å²) in [5.41, 5.74) is 1.31. The summed E-state index contributed by atoms with van der Waals surface area (Å²) >= 11 is 0. The third kappa shape index (κ3) is 3.48. The smallest absolute Gasteiger partial charge is 0.239 e. The van der Waals surface area contributed by atoms with Crippen molar-refractivity contribution >= 4 is 22.6 Å². The largest absolute Gasteiger partial charge is 0.352 e. The van der Waals surface area contributed by atoms with Crippen LogP contribution in [0.25, 0.3) is 10.9 Å². The van der Waals surface area contributed by atoms with Crippen LogP contribution in [-0.4, -0.2) is 30.5 Å². The first-order valence-corrected chi connectivity index (χ1v) is 6.81. The minimum absolute atomic E-state index is 0.0685. The Balaban J connectivity index is 2.30. The highest BCUT2D eigenvalue weighted by Crippen LogP contribution is 2.21. The first-order chi connectivity index (χ1) is 10.0. The lowest BCUT2D eigenvalue weighted by atomic mass is 10.1. The number of fused-ring (bicyclic) bond motifs is 1. The Kier molecular flexibility index (Phi) is 4.39. The molecule has 1 aromatic carbocycles. The van der Waals surface area contributed by atoms with Crippen LogP contribution in [0.3, 0.4) is 0 Å². The second-order valence-corrected chi connectivity index (χ2v) is 5.24. The van der Waals surface area contributed by atoms with Crippen molar-refractivity contribution in [1.29, 1.82) is 5.26 Å². The van der Waals surface area contributed by atoms with Crippen LogP contribution in [-0.2, 0) is 4.79 Å². The summed E-state index contributed by atoms with van der Waals surface area (Å²) in [6, 6.07) is 11.5. The molecule has 1 amide bonds. The van der Waals surface area contributed by atoms with Crippen molar-refractivity contribution in [2.24, 2.45) is 0 Å². The van der Waals surface area contributed by atoms with Crippen LogP contribution in [0.4, 0.5) is 5.82 Å². The molecule has 0 saturated carbocycles. The fourth-order valence-corrected chi connectivity index (χ4v) is 2.11. The Labute approximate surface area is 124 Å². The van der Waals surface area contributed by atoms with Crippen LogP contribution in [0.5, 0.6) is 0 Å². The third-order valence-electron chi connectivity index (χ3n) is 3.04. The van der Waals surface area contributed by atoms with Gasteiger partial charge in [0.1, 0.15) is 5.82 Å². The van der Waals surface area contributed by atoms with E-state index in [-0.39, 0.29) is 18.5 Å². The first kappa shape index (κ1) is 14.8. The second-order valence-electron chi connectivity index (χ2n) is 5.24. The van der Waals surface area contributed by atoms with Gasteiger partial charge in [0.2, 0.25) is 5.91 Å². The van der Waals surface area contributed by atoms with Crippen LogP contribution < -0.4 is 10.2 Å². The summed E-state index contributed by atoms with van der Waals surface area (Å²) in [7, 11) is 1.79. The van der Waals surface area contributed by atoms with Crippen molar-refractivity contribution < 1.29 is 4.79 Å². The van der Waals surface area contributed by atoms with E-state index in [2.05, 4.69) is 16.4 Å². The molecule has 0 unspecified atom stereocenters. The van der Waals surface area contributed by atoms with E-state index in [9.17, 15) is 10.1 Å². The summed E-state index contributed by atoms with van der Waals surface area (Å²) in [4.78, 5) is 18.1. The summed E-state index contributed by atoms with van der Waals surface area (Å²) in [6.07, 6.45) is 0. The van der Waals surface area contributed by atoms with Gasteiger partial charge in [0, 0.05) is 18.5 Å². The number of anilines is 1. The van der Waals surface area contributed by atoms with Gasteiger partial charge >= 0.3 is 0 Å². The van der Waals surface area contributed by atoms with Crippen molar-refractivity contribution in [2.45, 2.75) is 19.9 Å². The topological polar surface area (TPSA) is 69.0 Å². The number of pyridine rings is 1. The molecule has 2 rings (SSSR count). The Morgan fingerprint density at radius 1 is 1.43 bits per heavy atom. The molecule has 0 atom stereocenters. The van der Waals surface area contributed by atoms with Crippen molar-refractivity contribution in [1.82, 2.24) is 10.3 Å². The molecule has 0 spiro atoms. The molecule has 5 heteroatoms. The molecule has 0 saturated heterocycles. The van der Waals surface area contributed by atoms with Gasteiger partial charge in [0.25, 0.3) is 0 Å². The maximum Gasteiger partial charge on any atom is 0.239 e. The molecule has 21 heavy (non-hydrogen) atoms. The maximum atomic E-state index is 11.8. The molecule has 1 aromatic heterocycles. The predicted octanol–water partition coefficient (Wildman–Crippen LogP) is 2.07. The maximum absolute atomic E-state index is 11.8. The molecular formula is C16H18N4O. The van der Waals surface area contributed by atoms with E-state index in [1.807, 2.05) is 38.1 Å². The molecule has 5 nitrogen and oxygen atoms in total. The molecule has 0 aliphatic rings. The monoisotopic (exact) mass is 282 g/mol. The summed E-state index contributed by atoms with van der Waals surface area (Å²) in [5, 5.41) is 12.9. The zero-order valence-corrected chi connectivity index (χ0v) is 12.4. The fourth-order valence-electron chi connectivity index (χ4n) is 2.11. The van der Waals surface area contributed by atoms with Gasteiger partial charge in [-0.25, -0.2) is 4.98 Å². The Morgan fingerprint density at radius 3 is 2.81 bits per heavy atom. The number of para-hydroxylation sites is 1. The number of benzene rings is 1. The van der Waals surface area contributed by atoms with Gasteiger partial charge < -0.3 is 10.2 Å². The lowest BCUT2D eigenvalue weighted by Gasteiger charge is -2.19. The third-order valence-corrected chi connectivity index (χ3v) is 3.04. The number of nitrogens with one attached hydrogen (secondary N) is 1. The van der Waals surface area contributed by atoms with E-state index in [0.29, 0.717) is 11.4 Å². The van der Waals surface area contributed by atoms with E-state index in [1.54, 1.807) is 18.0 Å². The second kappa shape index (κ2) is 6.23. The Bertz CT molecular complexity index is 703. The average molecular weight is 282 g/mol. The predicted molar refractivity (Wildman–Crippen MR) is 83.0 cm³/mol. The van der Waals surface area contributed by atoms with Gasteiger partial charge in [-0.05, 0) is 26.0 Å². The number of nitrogens with zero attached hydrogens (tertiary/aromatic N) is 3. The van der Waals surface area contributed by atoms with Crippen LogP contribution in [0, 0.1) is 11.3 Å². The highest BCUT2D eigenvalue weighted by molar-refractivity contribution is 5.87. The number of carbonyl (C=O) groups excluding carboxylic acids is 1. The van der Waals surface area contributed by atoms with Crippen molar-refractivity contribution in [3.63, 3.8) is 0 Å². The van der Waals surface area contributed by atoms with E-state index < -0.39 is 0 Å². The van der Waals surface area contributed by atoms with Crippen LogP contribution in [0.15, 0.2) is 30.3 Å². The normalized spacial score (nSPS) is 10.4. The highest BCUT2D eigenvalue weighted by atomic mass is 16.2. The molecular weight excluding hydrogens is 264 g/mol. The van der Waals surface area contributed by atoms with Crippen LogP contribution in [0.2, 0.25) is 0 Å². The Hall–Kier alpha value is -2.61. The van der Waals surface area contributed by atoms with Crippen molar-refractivity contribution in [3.8, 4) is 6.07 Å². The summed E-state index contributed by atoms with van der Waals surface area (Å²) < 4.78 is 0. The number of amides is 1. The van der Waals surface area contributed by atoms with Gasteiger partial charge in [-0.3, -0.25) is 4.79 Å².